The van der Waals surface area contributed by atoms with Gasteiger partial charge in [0.1, 0.15) is 22.9 Å². The smallest absolute Gasteiger partial charge is 0.410 e. The van der Waals surface area contributed by atoms with Crippen LogP contribution < -0.4 is 0 Å². The molecule has 10 heteroatoms. The van der Waals surface area contributed by atoms with E-state index >= 15 is 0 Å². The number of likely N-dealkylation sites (tertiary alicyclic amines) is 2. The number of fused-ring (bicyclic) bond motifs is 2. The van der Waals surface area contributed by atoms with Crippen LogP contribution in [0.15, 0.2) is 60.8 Å². The monoisotopic (exact) mass is 648 g/mol. The Labute approximate surface area is 280 Å². The van der Waals surface area contributed by atoms with Crippen molar-refractivity contribution in [3.05, 3.63) is 72.4 Å². The highest BCUT2D eigenvalue weighted by Gasteiger charge is 2.36. The fraction of sp³-hybridized carbons (Fsp3) is 0.421. The van der Waals surface area contributed by atoms with Gasteiger partial charge in [-0.2, -0.15) is 0 Å². The molecule has 0 bridgehead atoms. The standard InChI is InChI=1S/C38H44N6O4/c1-37(2,3)47-35(45)43-17-7-9-31(43)33-39-22-30(42-33)26-14-12-23-11-13-24(19-27(23)20-26)25-15-16-28-29(21-25)41-34(40-28)32-10-8-18-44(32)36(46)48-38(4,5)6/h11-16,19-22,31-32H,7-10,17-18H2,1-6H3,(H,39,42)(H,40,41). The van der Waals surface area contributed by atoms with Gasteiger partial charge >= 0.3 is 12.2 Å². The molecular weight excluding hydrogens is 604 g/mol. The van der Waals surface area contributed by atoms with E-state index < -0.39 is 11.2 Å². The molecule has 250 valence electrons. The van der Waals surface area contributed by atoms with Crippen LogP contribution in [0.5, 0.6) is 0 Å². The molecule has 7 rings (SSSR count). The number of ether oxygens (including phenoxy) is 2. The number of nitrogens with one attached hydrogen (secondary N) is 2. The number of carbonyl (C=O) groups is 2. The number of hydrogen-bond donors (Lipinski definition) is 2. The van der Waals surface area contributed by atoms with Gasteiger partial charge in [0.15, 0.2) is 0 Å². The number of aromatic amines is 2. The topological polar surface area (TPSA) is 116 Å². The molecule has 2 saturated heterocycles. The zero-order valence-corrected chi connectivity index (χ0v) is 28.6. The molecule has 2 aliphatic rings. The average Bonchev–Trinajstić information content (AvgIpc) is 3.84. The van der Waals surface area contributed by atoms with Crippen LogP contribution in [0.25, 0.3) is 44.2 Å². The summed E-state index contributed by atoms with van der Waals surface area (Å²) in [4.78, 5) is 45.9. The summed E-state index contributed by atoms with van der Waals surface area (Å²) in [5.74, 6) is 1.57. The van der Waals surface area contributed by atoms with E-state index in [1.807, 2.05) is 53.8 Å². The molecule has 2 aromatic heterocycles. The lowest BCUT2D eigenvalue weighted by atomic mass is 9.99. The first-order valence-corrected chi connectivity index (χ1v) is 16.9. The normalized spacial score (nSPS) is 18.6. The van der Waals surface area contributed by atoms with Crippen molar-refractivity contribution in [3.63, 3.8) is 0 Å². The molecule has 2 N–H and O–H groups in total. The van der Waals surface area contributed by atoms with Gasteiger partial charge in [-0.25, -0.2) is 19.6 Å². The molecule has 0 aliphatic carbocycles. The summed E-state index contributed by atoms with van der Waals surface area (Å²) < 4.78 is 11.3. The molecule has 3 aromatic carbocycles. The molecule has 0 radical (unpaired) electrons. The van der Waals surface area contributed by atoms with Gasteiger partial charge in [-0.3, -0.25) is 9.80 Å². The van der Waals surface area contributed by atoms with E-state index in [9.17, 15) is 9.59 Å². The van der Waals surface area contributed by atoms with E-state index in [1.54, 1.807) is 9.80 Å². The first-order chi connectivity index (χ1) is 22.8. The van der Waals surface area contributed by atoms with E-state index in [1.165, 1.54) is 0 Å². The molecule has 2 fully saturated rings. The van der Waals surface area contributed by atoms with Crippen molar-refractivity contribution in [1.29, 1.82) is 0 Å². The highest BCUT2D eigenvalue weighted by Crippen LogP contribution is 2.36. The Morgan fingerprint density at radius 2 is 1.27 bits per heavy atom. The summed E-state index contributed by atoms with van der Waals surface area (Å²) in [6.07, 6.45) is 4.77. The van der Waals surface area contributed by atoms with E-state index in [0.717, 1.165) is 81.5 Å². The summed E-state index contributed by atoms with van der Waals surface area (Å²) in [7, 11) is 0. The Morgan fingerprint density at radius 1 is 0.708 bits per heavy atom. The highest BCUT2D eigenvalue weighted by molar-refractivity contribution is 5.92. The van der Waals surface area contributed by atoms with Gasteiger partial charge < -0.3 is 19.4 Å². The number of carbonyl (C=O) groups excluding carboxylic acids is 2. The average molecular weight is 649 g/mol. The van der Waals surface area contributed by atoms with Gasteiger partial charge in [-0.15, -0.1) is 0 Å². The molecule has 2 aliphatic heterocycles. The lowest BCUT2D eigenvalue weighted by Crippen LogP contribution is -2.36. The SMILES string of the molecule is CC(C)(C)OC(=O)N1CCCC1c1ncc(-c2ccc3ccc(-c4ccc5nc(C6CCCN6C(=O)OC(C)(C)C)[nH]c5c4)cc3c2)[nH]1. The predicted octanol–water partition coefficient (Wildman–Crippen LogP) is 8.92. The van der Waals surface area contributed by atoms with E-state index in [-0.39, 0.29) is 24.3 Å². The second-order valence-corrected chi connectivity index (χ2v) is 15.0. The van der Waals surface area contributed by atoms with Crippen molar-refractivity contribution in [3.8, 4) is 22.4 Å². The van der Waals surface area contributed by atoms with Crippen LogP contribution in [0.4, 0.5) is 9.59 Å². The van der Waals surface area contributed by atoms with Gasteiger partial charge in [-0.1, -0.05) is 30.3 Å². The molecule has 10 nitrogen and oxygen atoms in total. The molecule has 2 amide bonds. The molecule has 4 heterocycles. The number of rotatable bonds is 4. The molecule has 2 atom stereocenters. The fourth-order valence-corrected chi connectivity index (χ4v) is 6.79. The van der Waals surface area contributed by atoms with Gasteiger partial charge in [0.05, 0.1) is 35.0 Å². The van der Waals surface area contributed by atoms with Gasteiger partial charge in [0, 0.05) is 18.7 Å². The number of hydrogen-bond acceptors (Lipinski definition) is 6. The Balaban J connectivity index is 1.12. The number of H-pyrrole nitrogens is 2. The van der Waals surface area contributed by atoms with Crippen LogP contribution in [0.2, 0.25) is 0 Å². The first kappa shape index (κ1) is 31.7. The number of nitrogens with zero attached hydrogens (tertiary/aromatic N) is 4. The minimum Gasteiger partial charge on any atom is -0.444 e. The second-order valence-electron chi connectivity index (χ2n) is 15.0. The summed E-state index contributed by atoms with van der Waals surface area (Å²) in [6, 6.07) is 18.9. The van der Waals surface area contributed by atoms with Crippen LogP contribution in [0.3, 0.4) is 0 Å². The van der Waals surface area contributed by atoms with Crippen LogP contribution in [0, 0.1) is 0 Å². The van der Waals surface area contributed by atoms with Gasteiger partial charge in [0.2, 0.25) is 0 Å². The van der Waals surface area contributed by atoms with Gasteiger partial charge in [0.25, 0.3) is 0 Å². The van der Waals surface area contributed by atoms with Crippen LogP contribution in [-0.2, 0) is 9.47 Å². The lowest BCUT2D eigenvalue weighted by molar-refractivity contribution is 0.0208. The zero-order valence-electron chi connectivity index (χ0n) is 28.6. The Bertz CT molecular complexity index is 2000. The van der Waals surface area contributed by atoms with Crippen molar-refractivity contribution in [2.24, 2.45) is 0 Å². The minimum absolute atomic E-state index is 0.132. The van der Waals surface area contributed by atoms with Crippen molar-refractivity contribution in [1.82, 2.24) is 29.7 Å². The maximum atomic E-state index is 12.9. The number of benzene rings is 3. The molecule has 0 spiro atoms. The Kier molecular flexibility index (Phi) is 7.92. The van der Waals surface area contributed by atoms with Crippen molar-refractivity contribution >= 4 is 34.0 Å². The fourth-order valence-electron chi connectivity index (χ4n) is 6.79. The van der Waals surface area contributed by atoms with Crippen LogP contribution in [-0.4, -0.2) is 66.2 Å². The first-order valence-electron chi connectivity index (χ1n) is 16.9. The predicted molar refractivity (Wildman–Crippen MR) is 186 cm³/mol. The minimum atomic E-state index is -0.546. The third kappa shape index (κ3) is 6.48. The maximum Gasteiger partial charge on any atom is 0.410 e. The second kappa shape index (κ2) is 12.0. The largest absolute Gasteiger partial charge is 0.444 e. The van der Waals surface area contributed by atoms with Gasteiger partial charge in [-0.05, 0) is 113 Å². The van der Waals surface area contributed by atoms with Crippen molar-refractivity contribution in [2.75, 3.05) is 13.1 Å². The number of amides is 2. The maximum absolute atomic E-state index is 12.9. The highest BCUT2D eigenvalue weighted by atomic mass is 16.6. The lowest BCUT2D eigenvalue weighted by Gasteiger charge is -2.27. The molecule has 5 aromatic rings. The summed E-state index contributed by atoms with van der Waals surface area (Å²) in [5.41, 5.74) is 4.82. The van der Waals surface area contributed by atoms with E-state index in [2.05, 4.69) is 58.5 Å². The number of aromatic nitrogens is 4. The van der Waals surface area contributed by atoms with E-state index in [0.29, 0.717) is 13.1 Å². The number of imidazole rings is 2. The Hall–Kier alpha value is -4.86. The summed E-state index contributed by atoms with van der Waals surface area (Å²) in [6.45, 7) is 12.6. The summed E-state index contributed by atoms with van der Waals surface area (Å²) in [5, 5.41) is 2.25. The Morgan fingerprint density at radius 3 is 1.92 bits per heavy atom. The third-order valence-electron chi connectivity index (χ3n) is 8.97. The molecule has 0 saturated carbocycles. The quantitative estimate of drug-likeness (QED) is 0.201. The molecular formula is C38H44N6O4. The van der Waals surface area contributed by atoms with Crippen molar-refractivity contribution in [2.45, 2.75) is 90.5 Å². The van der Waals surface area contributed by atoms with Crippen LogP contribution >= 0.6 is 0 Å². The third-order valence-corrected chi connectivity index (χ3v) is 8.97. The van der Waals surface area contributed by atoms with Crippen molar-refractivity contribution < 1.29 is 19.1 Å². The molecule has 48 heavy (non-hydrogen) atoms. The zero-order chi connectivity index (χ0) is 33.8. The summed E-state index contributed by atoms with van der Waals surface area (Å²) >= 11 is 0. The van der Waals surface area contributed by atoms with E-state index in [4.69, 9.17) is 19.4 Å². The van der Waals surface area contributed by atoms with Crippen LogP contribution in [0.1, 0.15) is 91.0 Å². The molecule has 2 unspecified atom stereocenters.